The molecule has 0 aliphatic heterocycles. The normalized spacial score (nSPS) is 26.5. The van der Waals surface area contributed by atoms with Gasteiger partial charge in [-0.3, -0.25) is 0 Å². The van der Waals surface area contributed by atoms with Gasteiger partial charge in [0, 0.05) is 12.8 Å². The van der Waals surface area contributed by atoms with Gasteiger partial charge in [-0.15, -0.1) is 0 Å². The quantitative estimate of drug-likeness (QED) is 0.745. The second kappa shape index (κ2) is 5.98. The van der Waals surface area contributed by atoms with E-state index in [1.165, 1.54) is 6.26 Å². The molecule has 0 aromatic carbocycles. The molecule has 1 aliphatic carbocycles. The van der Waals surface area contributed by atoms with Crippen LogP contribution in [0.25, 0.3) is 0 Å². The Morgan fingerprint density at radius 1 is 1.31 bits per heavy atom. The summed E-state index contributed by atoms with van der Waals surface area (Å²) in [5, 5.41) is 9.65. The molecule has 2 atom stereocenters. The van der Waals surface area contributed by atoms with Crippen LogP contribution in [-0.2, 0) is 9.84 Å². The molecule has 16 heavy (non-hydrogen) atoms. The number of aliphatic hydroxyl groups is 1. The van der Waals surface area contributed by atoms with Gasteiger partial charge in [-0.05, 0) is 38.8 Å². The van der Waals surface area contributed by atoms with Crippen molar-refractivity contribution in [1.82, 2.24) is 4.90 Å². The van der Waals surface area contributed by atoms with Crippen molar-refractivity contribution in [2.24, 2.45) is 5.92 Å². The molecule has 0 saturated heterocycles. The predicted octanol–water partition coefficient (Wildman–Crippen LogP) is 0.514. The topological polar surface area (TPSA) is 57.6 Å². The van der Waals surface area contributed by atoms with Crippen LogP contribution in [-0.4, -0.2) is 56.7 Å². The summed E-state index contributed by atoms with van der Waals surface area (Å²) in [5.41, 5.74) is 0. The van der Waals surface area contributed by atoms with Crippen LogP contribution in [0.2, 0.25) is 0 Å². The minimum absolute atomic E-state index is 0.136. The van der Waals surface area contributed by atoms with Crippen molar-refractivity contribution in [1.29, 1.82) is 0 Å². The molecule has 1 N–H and O–H groups in total. The summed E-state index contributed by atoms with van der Waals surface area (Å²) in [6.45, 7) is 1.46. The van der Waals surface area contributed by atoms with Gasteiger partial charge in [-0.25, -0.2) is 8.42 Å². The van der Waals surface area contributed by atoms with E-state index < -0.39 is 9.84 Å². The van der Waals surface area contributed by atoms with E-state index in [0.717, 1.165) is 32.2 Å². The van der Waals surface area contributed by atoms with Gasteiger partial charge < -0.3 is 10.0 Å². The molecule has 1 rings (SSSR count). The molecule has 4 nitrogen and oxygen atoms in total. The molecule has 0 aromatic rings. The standard InChI is InChI=1S/C11H23NO3S/c1-12(8-9-16(2,14)15)7-6-10-4-3-5-11(10)13/h10-11,13H,3-9H2,1-2H3. The van der Waals surface area contributed by atoms with Crippen LogP contribution in [0, 0.1) is 5.92 Å². The lowest BCUT2D eigenvalue weighted by atomic mass is 10.0. The first-order valence-corrected chi connectivity index (χ1v) is 7.99. The molecule has 1 saturated carbocycles. The Labute approximate surface area is 98.6 Å². The maximum Gasteiger partial charge on any atom is 0.148 e. The minimum Gasteiger partial charge on any atom is -0.393 e. The lowest BCUT2D eigenvalue weighted by Gasteiger charge is -2.20. The first kappa shape index (κ1) is 13.9. The summed E-state index contributed by atoms with van der Waals surface area (Å²) in [6, 6.07) is 0. The predicted molar refractivity (Wildman–Crippen MR) is 65.2 cm³/mol. The van der Waals surface area contributed by atoms with Crippen molar-refractivity contribution in [2.75, 3.05) is 32.1 Å². The first-order valence-electron chi connectivity index (χ1n) is 5.93. The fourth-order valence-corrected chi connectivity index (χ4v) is 2.82. The molecule has 1 fully saturated rings. The Kier molecular flexibility index (Phi) is 5.21. The van der Waals surface area contributed by atoms with E-state index >= 15 is 0 Å². The molecular weight excluding hydrogens is 226 g/mol. The maximum absolute atomic E-state index is 11.0. The van der Waals surface area contributed by atoms with Gasteiger partial charge in [0.05, 0.1) is 11.9 Å². The van der Waals surface area contributed by atoms with Gasteiger partial charge in [0.2, 0.25) is 0 Å². The largest absolute Gasteiger partial charge is 0.393 e. The van der Waals surface area contributed by atoms with Crippen LogP contribution in [0.1, 0.15) is 25.7 Å². The van der Waals surface area contributed by atoms with Crippen molar-refractivity contribution in [3.8, 4) is 0 Å². The van der Waals surface area contributed by atoms with E-state index in [1.54, 1.807) is 0 Å². The molecule has 0 spiro atoms. The van der Waals surface area contributed by atoms with E-state index in [4.69, 9.17) is 0 Å². The van der Waals surface area contributed by atoms with Crippen molar-refractivity contribution in [3.63, 3.8) is 0 Å². The third kappa shape index (κ3) is 5.27. The van der Waals surface area contributed by atoms with Crippen LogP contribution in [0.5, 0.6) is 0 Å². The third-order valence-corrected chi connectivity index (χ3v) is 4.27. The van der Waals surface area contributed by atoms with E-state index in [9.17, 15) is 13.5 Å². The fourth-order valence-electron chi connectivity index (χ4n) is 2.17. The van der Waals surface area contributed by atoms with E-state index in [2.05, 4.69) is 0 Å². The molecule has 5 heteroatoms. The molecule has 2 unspecified atom stereocenters. The zero-order valence-electron chi connectivity index (χ0n) is 10.2. The average molecular weight is 249 g/mol. The number of sulfone groups is 1. The monoisotopic (exact) mass is 249 g/mol. The van der Waals surface area contributed by atoms with Crippen molar-refractivity contribution in [2.45, 2.75) is 31.8 Å². The van der Waals surface area contributed by atoms with E-state index in [1.807, 2.05) is 11.9 Å². The SMILES string of the molecule is CN(CCC1CCCC1O)CCS(C)(=O)=O. The van der Waals surface area contributed by atoms with Crippen LogP contribution < -0.4 is 0 Å². The average Bonchev–Trinajstić information content (AvgIpc) is 2.57. The highest BCUT2D eigenvalue weighted by atomic mass is 32.2. The smallest absolute Gasteiger partial charge is 0.148 e. The van der Waals surface area contributed by atoms with Crippen molar-refractivity contribution >= 4 is 9.84 Å². The summed E-state index contributed by atoms with van der Waals surface area (Å²) >= 11 is 0. The van der Waals surface area contributed by atoms with Crippen LogP contribution in [0.4, 0.5) is 0 Å². The van der Waals surface area contributed by atoms with Gasteiger partial charge in [0.15, 0.2) is 0 Å². The minimum atomic E-state index is -2.86. The molecule has 0 aromatic heterocycles. The summed E-state index contributed by atoms with van der Waals surface area (Å²) in [4.78, 5) is 2.03. The Bertz CT molecular complexity index is 302. The van der Waals surface area contributed by atoms with Crippen molar-refractivity contribution < 1.29 is 13.5 Å². The highest BCUT2D eigenvalue weighted by Crippen LogP contribution is 2.28. The van der Waals surface area contributed by atoms with E-state index in [-0.39, 0.29) is 11.9 Å². The second-order valence-electron chi connectivity index (χ2n) is 4.98. The molecule has 0 bridgehead atoms. The van der Waals surface area contributed by atoms with Gasteiger partial charge in [-0.2, -0.15) is 0 Å². The van der Waals surface area contributed by atoms with Gasteiger partial charge >= 0.3 is 0 Å². The summed E-state index contributed by atoms with van der Waals surface area (Å²) in [5.74, 6) is 0.636. The molecule has 0 amide bonds. The Morgan fingerprint density at radius 2 is 2.00 bits per heavy atom. The Balaban J connectivity index is 2.17. The zero-order valence-corrected chi connectivity index (χ0v) is 11.0. The summed E-state index contributed by atoms with van der Waals surface area (Å²) < 4.78 is 22.0. The molecule has 0 radical (unpaired) electrons. The van der Waals surface area contributed by atoms with Gasteiger partial charge in [0.25, 0.3) is 0 Å². The van der Waals surface area contributed by atoms with Gasteiger partial charge in [0.1, 0.15) is 9.84 Å². The lowest BCUT2D eigenvalue weighted by Crippen LogP contribution is -2.28. The Morgan fingerprint density at radius 3 is 2.50 bits per heavy atom. The maximum atomic E-state index is 11.0. The highest BCUT2D eigenvalue weighted by Gasteiger charge is 2.24. The second-order valence-corrected chi connectivity index (χ2v) is 7.24. The number of nitrogens with zero attached hydrogens (tertiary/aromatic N) is 1. The number of hydrogen-bond donors (Lipinski definition) is 1. The van der Waals surface area contributed by atoms with Crippen LogP contribution in [0.3, 0.4) is 0 Å². The molecule has 0 heterocycles. The number of hydrogen-bond acceptors (Lipinski definition) is 4. The molecular formula is C11H23NO3S. The van der Waals surface area contributed by atoms with Crippen LogP contribution in [0.15, 0.2) is 0 Å². The van der Waals surface area contributed by atoms with Crippen molar-refractivity contribution in [3.05, 3.63) is 0 Å². The number of rotatable bonds is 6. The van der Waals surface area contributed by atoms with Crippen LogP contribution >= 0.6 is 0 Å². The molecule has 1 aliphatic rings. The third-order valence-electron chi connectivity index (χ3n) is 3.34. The first-order chi connectivity index (χ1) is 7.38. The highest BCUT2D eigenvalue weighted by molar-refractivity contribution is 7.90. The lowest BCUT2D eigenvalue weighted by molar-refractivity contribution is 0.121. The summed E-state index contributed by atoms with van der Waals surface area (Å²) in [7, 11) is -0.921. The van der Waals surface area contributed by atoms with E-state index in [0.29, 0.717) is 12.5 Å². The fraction of sp³-hybridized carbons (Fsp3) is 1.00. The van der Waals surface area contributed by atoms with Gasteiger partial charge in [-0.1, -0.05) is 6.42 Å². The summed E-state index contributed by atoms with van der Waals surface area (Å²) in [6.07, 6.45) is 5.27. The number of aliphatic hydroxyl groups excluding tert-OH is 1. The zero-order chi connectivity index (χ0) is 12.2. The Hall–Kier alpha value is -0.130. The molecule has 96 valence electrons.